The Balaban J connectivity index is 2.61. The maximum absolute atomic E-state index is 5.99. The van der Waals surface area contributed by atoms with Crippen molar-refractivity contribution in [2.45, 2.75) is 6.92 Å². The maximum Gasteiger partial charge on any atom is 0.166 e. The van der Waals surface area contributed by atoms with E-state index >= 15 is 0 Å². The van der Waals surface area contributed by atoms with Crippen molar-refractivity contribution in [3.05, 3.63) is 40.1 Å². The highest BCUT2D eigenvalue weighted by Gasteiger charge is 2.12. The zero-order chi connectivity index (χ0) is 12.4. The minimum Gasteiger partial charge on any atom is -0.496 e. The van der Waals surface area contributed by atoms with Gasteiger partial charge >= 0.3 is 0 Å². The third-order valence-electron chi connectivity index (χ3n) is 2.37. The molecule has 2 rings (SSSR count). The summed E-state index contributed by atoms with van der Waals surface area (Å²) in [6, 6.07) is 7.44. The first-order valence-electron chi connectivity index (χ1n) is 4.96. The summed E-state index contributed by atoms with van der Waals surface area (Å²) in [7, 11) is 1.59. The van der Waals surface area contributed by atoms with Crippen LogP contribution in [0.15, 0.2) is 24.3 Å². The summed E-state index contributed by atoms with van der Waals surface area (Å²) in [4.78, 5) is 8.40. The Bertz CT molecular complexity index is 535. The standard InChI is InChI=1S/C12H10Cl2N2O/c1-7-10(13)15-12(16-11(7)14)8-5-3-4-6-9(8)17-2/h3-6H,1-2H3. The van der Waals surface area contributed by atoms with Gasteiger partial charge in [-0.3, -0.25) is 0 Å². The van der Waals surface area contributed by atoms with E-state index in [-0.39, 0.29) is 0 Å². The number of benzene rings is 1. The second kappa shape index (κ2) is 4.90. The lowest BCUT2D eigenvalue weighted by atomic mass is 10.2. The number of methoxy groups -OCH3 is 1. The molecule has 0 aliphatic heterocycles. The number of aromatic nitrogens is 2. The molecule has 0 N–H and O–H groups in total. The predicted octanol–water partition coefficient (Wildman–Crippen LogP) is 3.77. The van der Waals surface area contributed by atoms with Gasteiger partial charge in [0.15, 0.2) is 5.82 Å². The van der Waals surface area contributed by atoms with Gasteiger partial charge in [-0.1, -0.05) is 35.3 Å². The van der Waals surface area contributed by atoms with Gasteiger partial charge in [-0.2, -0.15) is 0 Å². The number of nitrogens with zero attached hydrogens (tertiary/aromatic N) is 2. The zero-order valence-electron chi connectivity index (χ0n) is 9.37. The SMILES string of the molecule is COc1ccccc1-c1nc(Cl)c(C)c(Cl)n1. The van der Waals surface area contributed by atoms with Gasteiger partial charge < -0.3 is 4.74 Å². The van der Waals surface area contributed by atoms with E-state index in [9.17, 15) is 0 Å². The van der Waals surface area contributed by atoms with Crippen LogP contribution in [0.1, 0.15) is 5.56 Å². The third kappa shape index (κ3) is 2.35. The van der Waals surface area contributed by atoms with E-state index in [1.807, 2.05) is 24.3 Å². The maximum atomic E-state index is 5.99. The lowest BCUT2D eigenvalue weighted by Gasteiger charge is -2.08. The number of rotatable bonds is 2. The summed E-state index contributed by atoms with van der Waals surface area (Å²) in [6.07, 6.45) is 0. The van der Waals surface area contributed by atoms with Crippen molar-refractivity contribution in [1.29, 1.82) is 0 Å². The third-order valence-corrected chi connectivity index (χ3v) is 3.11. The smallest absolute Gasteiger partial charge is 0.166 e. The van der Waals surface area contributed by atoms with Gasteiger partial charge in [-0.25, -0.2) is 9.97 Å². The molecule has 0 bridgehead atoms. The molecule has 5 heteroatoms. The van der Waals surface area contributed by atoms with E-state index in [1.54, 1.807) is 14.0 Å². The van der Waals surface area contributed by atoms with E-state index in [2.05, 4.69) is 9.97 Å². The van der Waals surface area contributed by atoms with Crippen molar-refractivity contribution in [2.75, 3.05) is 7.11 Å². The molecule has 1 aromatic carbocycles. The summed E-state index contributed by atoms with van der Waals surface area (Å²) >= 11 is 12.0. The van der Waals surface area contributed by atoms with Gasteiger partial charge in [0, 0.05) is 5.56 Å². The van der Waals surface area contributed by atoms with Crippen molar-refractivity contribution >= 4 is 23.2 Å². The van der Waals surface area contributed by atoms with Crippen LogP contribution in [-0.4, -0.2) is 17.1 Å². The minimum atomic E-state index is 0.353. The highest BCUT2D eigenvalue weighted by atomic mass is 35.5. The Morgan fingerprint density at radius 3 is 2.24 bits per heavy atom. The second-order valence-corrected chi connectivity index (χ2v) is 4.17. The van der Waals surface area contributed by atoms with Crippen LogP contribution in [0.2, 0.25) is 10.3 Å². The summed E-state index contributed by atoms with van der Waals surface area (Å²) in [5.74, 6) is 1.14. The van der Waals surface area contributed by atoms with Crippen molar-refractivity contribution in [3.8, 4) is 17.1 Å². The highest BCUT2D eigenvalue weighted by molar-refractivity contribution is 6.34. The van der Waals surface area contributed by atoms with E-state index in [4.69, 9.17) is 27.9 Å². The van der Waals surface area contributed by atoms with Crippen LogP contribution in [0.3, 0.4) is 0 Å². The van der Waals surface area contributed by atoms with Gasteiger partial charge in [0.25, 0.3) is 0 Å². The summed E-state index contributed by atoms with van der Waals surface area (Å²) in [5.41, 5.74) is 1.44. The van der Waals surface area contributed by atoms with Crippen LogP contribution in [0.5, 0.6) is 5.75 Å². The average Bonchev–Trinajstić information content (AvgIpc) is 2.35. The first kappa shape index (κ1) is 12.1. The Labute approximate surface area is 109 Å². The summed E-state index contributed by atoms with van der Waals surface area (Å²) < 4.78 is 5.24. The Morgan fingerprint density at radius 2 is 1.65 bits per heavy atom. The topological polar surface area (TPSA) is 35.0 Å². The predicted molar refractivity (Wildman–Crippen MR) is 68.8 cm³/mol. The highest BCUT2D eigenvalue weighted by Crippen LogP contribution is 2.30. The van der Waals surface area contributed by atoms with Gasteiger partial charge in [-0.05, 0) is 19.1 Å². The van der Waals surface area contributed by atoms with Crippen molar-refractivity contribution < 1.29 is 4.74 Å². The Hall–Kier alpha value is -1.32. The minimum absolute atomic E-state index is 0.353. The summed E-state index contributed by atoms with van der Waals surface area (Å²) in [5, 5.41) is 0.705. The normalized spacial score (nSPS) is 10.4. The number of hydrogen-bond donors (Lipinski definition) is 0. The van der Waals surface area contributed by atoms with Crippen molar-refractivity contribution in [1.82, 2.24) is 9.97 Å². The molecule has 1 aromatic heterocycles. The fourth-order valence-corrected chi connectivity index (χ4v) is 1.80. The quantitative estimate of drug-likeness (QED) is 0.778. The molecular weight excluding hydrogens is 259 g/mol. The Morgan fingerprint density at radius 1 is 1.06 bits per heavy atom. The lowest BCUT2D eigenvalue weighted by Crippen LogP contribution is -1.96. The first-order valence-corrected chi connectivity index (χ1v) is 5.72. The molecule has 0 aliphatic rings. The molecule has 0 atom stereocenters. The van der Waals surface area contributed by atoms with E-state index in [0.29, 0.717) is 27.4 Å². The van der Waals surface area contributed by atoms with Gasteiger partial charge in [-0.15, -0.1) is 0 Å². The molecular formula is C12H10Cl2N2O. The molecule has 2 aromatic rings. The molecule has 17 heavy (non-hydrogen) atoms. The van der Waals surface area contributed by atoms with Crippen LogP contribution in [0.4, 0.5) is 0 Å². The number of para-hydroxylation sites is 1. The van der Waals surface area contributed by atoms with E-state index in [1.165, 1.54) is 0 Å². The average molecular weight is 269 g/mol. The monoisotopic (exact) mass is 268 g/mol. The summed E-state index contributed by atoms with van der Waals surface area (Å²) in [6.45, 7) is 1.77. The fraction of sp³-hybridized carbons (Fsp3) is 0.167. The number of ether oxygens (including phenoxy) is 1. The Kier molecular flexibility index (Phi) is 3.50. The molecule has 0 fully saturated rings. The van der Waals surface area contributed by atoms with E-state index < -0.39 is 0 Å². The first-order chi connectivity index (χ1) is 8.13. The van der Waals surface area contributed by atoms with E-state index in [0.717, 1.165) is 5.56 Å². The molecule has 0 saturated carbocycles. The molecule has 0 aliphatic carbocycles. The molecule has 0 saturated heterocycles. The van der Waals surface area contributed by atoms with Gasteiger partial charge in [0.1, 0.15) is 16.1 Å². The second-order valence-electron chi connectivity index (χ2n) is 3.45. The van der Waals surface area contributed by atoms with Gasteiger partial charge in [0.2, 0.25) is 0 Å². The van der Waals surface area contributed by atoms with Crippen LogP contribution in [-0.2, 0) is 0 Å². The molecule has 88 valence electrons. The number of halogens is 2. The zero-order valence-corrected chi connectivity index (χ0v) is 10.9. The molecule has 0 unspecified atom stereocenters. The van der Waals surface area contributed by atoms with Gasteiger partial charge in [0.05, 0.1) is 12.7 Å². The number of hydrogen-bond acceptors (Lipinski definition) is 3. The van der Waals surface area contributed by atoms with Crippen LogP contribution in [0, 0.1) is 6.92 Å². The largest absolute Gasteiger partial charge is 0.496 e. The van der Waals surface area contributed by atoms with Crippen LogP contribution < -0.4 is 4.74 Å². The molecule has 1 heterocycles. The molecule has 3 nitrogen and oxygen atoms in total. The van der Waals surface area contributed by atoms with Crippen LogP contribution >= 0.6 is 23.2 Å². The molecule has 0 radical (unpaired) electrons. The van der Waals surface area contributed by atoms with Crippen LogP contribution in [0.25, 0.3) is 11.4 Å². The fourth-order valence-electron chi connectivity index (χ4n) is 1.41. The molecule has 0 amide bonds. The molecule has 0 spiro atoms. The van der Waals surface area contributed by atoms with Crippen molar-refractivity contribution in [2.24, 2.45) is 0 Å². The lowest BCUT2D eigenvalue weighted by molar-refractivity contribution is 0.416. The van der Waals surface area contributed by atoms with Crippen molar-refractivity contribution in [3.63, 3.8) is 0 Å².